The number of nitrogens with zero attached hydrogens (tertiary/aromatic N) is 4. The van der Waals surface area contributed by atoms with Crippen molar-refractivity contribution in [3.8, 4) is 33.9 Å². The zero-order valence-electron chi connectivity index (χ0n) is 29.7. The number of fused-ring (bicyclic) bond motifs is 3. The summed E-state index contributed by atoms with van der Waals surface area (Å²) in [5.41, 5.74) is 8.05. The second-order valence-corrected chi connectivity index (χ2v) is 19.6. The first-order valence-corrected chi connectivity index (χ1v) is 20.1. The van der Waals surface area contributed by atoms with Crippen molar-refractivity contribution in [1.82, 2.24) is 19.9 Å². The maximum Gasteiger partial charge on any atom is 0.143 e. The Hall–Kier alpha value is -4.36. The number of hydrogen-bond donors (Lipinski definition) is 0. The molecule has 0 saturated heterocycles. The van der Waals surface area contributed by atoms with Crippen LogP contribution in [0.4, 0.5) is 4.39 Å². The monoisotopic (exact) mass is 857 g/mol. The molecule has 0 aliphatic heterocycles. The maximum atomic E-state index is 13.0. The maximum absolute atomic E-state index is 13.0. The molecule has 1 radical (unpaired) electrons. The number of aromatic nitrogens is 4. The summed E-state index contributed by atoms with van der Waals surface area (Å²) in [6.45, 7) is 17.7. The van der Waals surface area contributed by atoms with Gasteiger partial charge < -0.3 is 9.40 Å². The first-order valence-electron chi connectivity index (χ1n) is 16.6. The molecule has 0 amide bonds. The van der Waals surface area contributed by atoms with E-state index in [1.54, 1.807) is 12.3 Å². The minimum atomic E-state index is -1.47. The summed E-state index contributed by atoms with van der Waals surface area (Å²) in [5, 5.41) is 3.42. The van der Waals surface area contributed by atoms with Crippen LogP contribution in [0, 0.1) is 17.9 Å². The Morgan fingerprint density at radius 1 is 0.800 bits per heavy atom. The van der Waals surface area contributed by atoms with E-state index in [9.17, 15) is 4.39 Å². The van der Waals surface area contributed by atoms with Crippen LogP contribution < -0.4 is 5.19 Å². The fraction of sp³-hybridized carbons (Fsp3) is 0.238. The summed E-state index contributed by atoms with van der Waals surface area (Å²) in [7, 11) is -1.47. The number of benzene rings is 3. The molecule has 4 aromatic heterocycles. The summed E-state index contributed by atoms with van der Waals surface area (Å²) in [6.07, 6.45) is 3.74. The molecule has 0 atom stereocenters. The van der Waals surface area contributed by atoms with Gasteiger partial charge in [0.1, 0.15) is 5.58 Å². The molecule has 0 aliphatic carbocycles. The Morgan fingerprint density at radius 3 is 2.16 bits per heavy atom. The summed E-state index contributed by atoms with van der Waals surface area (Å²) >= 11 is 0. The van der Waals surface area contributed by atoms with E-state index in [4.69, 9.17) is 14.4 Å². The molecular weight excluding hydrogens is 816 g/mol. The van der Waals surface area contributed by atoms with Gasteiger partial charge in [-0.2, -0.15) is 0 Å². The third-order valence-electron chi connectivity index (χ3n) is 8.31. The summed E-state index contributed by atoms with van der Waals surface area (Å²) in [6, 6.07) is 32.9. The van der Waals surface area contributed by atoms with Gasteiger partial charge >= 0.3 is 0 Å². The van der Waals surface area contributed by atoms with Gasteiger partial charge in [0.15, 0.2) is 0 Å². The van der Waals surface area contributed by atoms with E-state index >= 15 is 0 Å². The van der Waals surface area contributed by atoms with Gasteiger partial charge in [0.25, 0.3) is 0 Å². The molecule has 7 rings (SSSR count). The second kappa shape index (κ2) is 14.9. The Bertz CT molecular complexity index is 2220. The van der Waals surface area contributed by atoms with E-state index in [-0.39, 0.29) is 31.3 Å². The molecule has 0 spiro atoms. The first-order chi connectivity index (χ1) is 23.3. The Labute approximate surface area is 308 Å². The minimum absolute atomic E-state index is 0. The Balaban J connectivity index is 0.000000204. The number of rotatable bonds is 5. The molecule has 50 heavy (non-hydrogen) atoms. The van der Waals surface area contributed by atoms with E-state index < -0.39 is 8.07 Å². The van der Waals surface area contributed by atoms with E-state index in [1.165, 1.54) is 17.3 Å². The van der Waals surface area contributed by atoms with E-state index in [0.29, 0.717) is 11.7 Å². The Kier molecular flexibility index (Phi) is 11.0. The molecule has 0 unspecified atom stereocenters. The molecule has 5 nitrogen and oxygen atoms in total. The molecule has 7 aromatic rings. The Morgan fingerprint density at radius 2 is 1.54 bits per heavy atom. The molecular formula is C42H41FIrN4OSi-2. The standard InChI is InChI=1S/C26H21N2O.C16H20FN2Si.Ir/c1-26(2,3)25-24-20(16-22(28-25)17-10-5-4-6-11-17)18-12-9-13-19(23(18)29-24)21-14-7-8-15-27-21;1-11(2)15-14(20(3,4)5)10-18-16(19-15)12-6-8-13(17)9-7-12;/h4-12,14-16H,1-3H3;6,8-11H,1-5H3;/q2*-1;. The quantitative estimate of drug-likeness (QED) is 0.127. The number of furan rings is 1. The van der Waals surface area contributed by atoms with Gasteiger partial charge in [-0.25, -0.2) is 4.98 Å². The molecule has 0 N–H and O–H groups in total. The molecule has 257 valence electrons. The van der Waals surface area contributed by atoms with Crippen molar-refractivity contribution < 1.29 is 28.9 Å². The largest absolute Gasteiger partial charge is 0.499 e. The van der Waals surface area contributed by atoms with Crippen molar-refractivity contribution in [1.29, 1.82) is 0 Å². The van der Waals surface area contributed by atoms with Crippen molar-refractivity contribution in [2.45, 2.75) is 65.6 Å². The number of halogens is 1. The van der Waals surface area contributed by atoms with Crippen LogP contribution in [-0.4, -0.2) is 28.0 Å². The van der Waals surface area contributed by atoms with Crippen molar-refractivity contribution in [3.05, 3.63) is 127 Å². The molecule has 0 fully saturated rings. The topological polar surface area (TPSA) is 64.7 Å². The third-order valence-corrected chi connectivity index (χ3v) is 10.3. The van der Waals surface area contributed by atoms with E-state index in [0.717, 1.165) is 61.4 Å². The van der Waals surface area contributed by atoms with E-state index in [2.05, 4.69) is 101 Å². The van der Waals surface area contributed by atoms with Gasteiger partial charge in [0.05, 0.1) is 30.9 Å². The van der Waals surface area contributed by atoms with Crippen molar-refractivity contribution in [3.63, 3.8) is 0 Å². The van der Waals surface area contributed by atoms with Crippen LogP contribution in [0.25, 0.3) is 55.8 Å². The fourth-order valence-electron chi connectivity index (χ4n) is 5.79. The van der Waals surface area contributed by atoms with Crippen molar-refractivity contribution in [2.24, 2.45) is 0 Å². The van der Waals surface area contributed by atoms with Crippen LogP contribution in [0.15, 0.2) is 102 Å². The van der Waals surface area contributed by atoms with Crippen LogP contribution in [0.2, 0.25) is 19.6 Å². The smallest absolute Gasteiger partial charge is 0.143 e. The fourth-order valence-corrected chi connectivity index (χ4v) is 7.36. The zero-order valence-corrected chi connectivity index (χ0v) is 33.1. The average molecular weight is 857 g/mol. The van der Waals surface area contributed by atoms with Crippen LogP contribution in [0.3, 0.4) is 0 Å². The third kappa shape index (κ3) is 7.83. The zero-order chi connectivity index (χ0) is 34.9. The van der Waals surface area contributed by atoms with Gasteiger partial charge in [-0.1, -0.05) is 108 Å². The number of hydrogen-bond acceptors (Lipinski definition) is 5. The van der Waals surface area contributed by atoms with Gasteiger partial charge in [-0.3, -0.25) is 14.4 Å². The molecule has 4 heterocycles. The summed E-state index contributed by atoms with van der Waals surface area (Å²) in [4.78, 5) is 18.7. The number of pyridine rings is 2. The normalized spacial score (nSPS) is 11.7. The molecule has 0 bridgehead atoms. The predicted octanol–water partition coefficient (Wildman–Crippen LogP) is 10.6. The van der Waals surface area contributed by atoms with Gasteiger partial charge in [0.2, 0.25) is 0 Å². The van der Waals surface area contributed by atoms with Gasteiger partial charge in [0, 0.05) is 60.4 Å². The minimum Gasteiger partial charge on any atom is -0.499 e. The summed E-state index contributed by atoms with van der Waals surface area (Å²) < 4.78 is 19.4. The summed E-state index contributed by atoms with van der Waals surface area (Å²) in [5.74, 6) is 0.672. The van der Waals surface area contributed by atoms with Crippen molar-refractivity contribution in [2.75, 3.05) is 0 Å². The molecule has 0 aliphatic rings. The average Bonchev–Trinajstić information content (AvgIpc) is 3.47. The molecule has 8 heteroatoms. The van der Waals surface area contributed by atoms with Gasteiger partial charge in [-0.05, 0) is 28.9 Å². The second-order valence-electron chi connectivity index (χ2n) is 14.6. The molecule has 3 aromatic carbocycles. The van der Waals surface area contributed by atoms with Crippen molar-refractivity contribution >= 4 is 35.2 Å². The van der Waals surface area contributed by atoms with Crippen LogP contribution in [0.5, 0.6) is 0 Å². The van der Waals surface area contributed by atoms with E-state index in [1.807, 2.05) is 48.7 Å². The molecule has 0 saturated carbocycles. The SMILES string of the molecule is CC(C)(C)c1nc(-c2ccccc2)cc2c1oc1c(-c3ccccn3)[c-]ccc12.CC(C)c1nc(-c2[c-]cc(F)cc2)ncc1[Si](C)(C)C.[Ir]. The van der Waals surface area contributed by atoms with Crippen LogP contribution in [-0.2, 0) is 25.5 Å². The first kappa shape index (κ1) is 36.9. The van der Waals surface area contributed by atoms with Crippen LogP contribution >= 0.6 is 0 Å². The van der Waals surface area contributed by atoms with Gasteiger partial charge in [-0.15, -0.1) is 48.0 Å². The predicted molar refractivity (Wildman–Crippen MR) is 201 cm³/mol. The van der Waals surface area contributed by atoms with Crippen LogP contribution in [0.1, 0.15) is 51.9 Å².